The molecule has 0 fully saturated rings. The summed E-state index contributed by atoms with van der Waals surface area (Å²) in [5.74, 6) is 0.358. The van der Waals surface area contributed by atoms with Gasteiger partial charge in [-0.15, -0.1) is 0 Å². The van der Waals surface area contributed by atoms with E-state index in [-0.39, 0.29) is 5.91 Å². The molecule has 1 amide bonds. The number of benzene rings is 2. The molecule has 5 heteroatoms. The predicted octanol–water partition coefficient (Wildman–Crippen LogP) is 3.15. The minimum Gasteiger partial charge on any atom is -0.497 e. The summed E-state index contributed by atoms with van der Waals surface area (Å²) in [6.45, 7) is 1.66. The summed E-state index contributed by atoms with van der Waals surface area (Å²) >= 11 is 0. The Morgan fingerprint density at radius 3 is 2.67 bits per heavy atom. The van der Waals surface area contributed by atoms with Gasteiger partial charge in [-0.3, -0.25) is 4.79 Å². The number of methoxy groups -OCH3 is 1. The van der Waals surface area contributed by atoms with Crippen molar-refractivity contribution in [3.8, 4) is 5.75 Å². The van der Waals surface area contributed by atoms with Crippen molar-refractivity contribution in [2.24, 2.45) is 5.16 Å². The lowest BCUT2D eigenvalue weighted by atomic mass is 10.1. The molecule has 0 aromatic heterocycles. The van der Waals surface area contributed by atoms with Crippen molar-refractivity contribution in [1.82, 2.24) is 0 Å². The van der Waals surface area contributed by atoms with Gasteiger partial charge in [0, 0.05) is 11.1 Å². The molecular weight excluding hydrogens is 268 g/mol. The molecule has 21 heavy (non-hydrogen) atoms. The zero-order chi connectivity index (χ0) is 15.2. The zero-order valence-corrected chi connectivity index (χ0v) is 11.8. The molecule has 0 atom stereocenters. The number of oxime groups is 1. The van der Waals surface area contributed by atoms with E-state index in [4.69, 9.17) is 9.94 Å². The second kappa shape index (κ2) is 6.56. The van der Waals surface area contributed by atoms with Crippen molar-refractivity contribution in [2.75, 3.05) is 12.4 Å². The van der Waals surface area contributed by atoms with Crippen molar-refractivity contribution in [1.29, 1.82) is 0 Å². The molecule has 2 aromatic rings. The fourth-order valence-corrected chi connectivity index (χ4v) is 1.92. The van der Waals surface area contributed by atoms with Crippen LogP contribution in [0.3, 0.4) is 0 Å². The first-order valence-corrected chi connectivity index (χ1v) is 6.39. The second-order valence-corrected chi connectivity index (χ2v) is 4.42. The van der Waals surface area contributed by atoms with Crippen LogP contribution < -0.4 is 10.1 Å². The molecule has 0 saturated heterocycles. The Morgan fingerprint density at radius 1 is 1.19 bits per heavy atom. The number of nitrogens with one attached hydrogen (secondary N) is 1. The summed E-state index contributed by atoms with van der Waals surface area (Å²) in [4.78, 5) is 12.3. The molecule has 0 heterocycles. The van der Waals surface area contributed by atoms with Gasteiger partial charge in [-0.25, -0.2) is 0 Å². The van der Waals surface area contributed by atoms with Gasteiger partial charge in [-0.2, -0.15) is 0 Å². The third kappa shape index (κ3) is 3.39. The average molecular weight is 284 g/mol. The number of para-hydroxylation sites is 1. The normalized spacial score (nSPS) is 11.0. The Morgan fingerprint density at radius 2 is 1.95 bits per heavy atom. The molecule has 108 valence electrons. The van der Waals surface area contributed by atoms with Gasteiger partial charge in [-0.05, 0) is 31.2 Å². The van der Waals surface area contributed by atoms with E-state index < -0.39 is 0 Å². The molecule has 0 aliphatic heterocycles. The van der Waals surface area contributed by atoms with Gasteiger partial charge in [0.2, 0.25) is 0 Å². The van der Waals surface area contributed by atoms with Gasteiger partial charge in [-0.1, -0.05) is 29.4 Å². The van der Waals surface area contributed by atoms with E-state index >= 15 is 0 Å². The highest BCUT2D eigenvalue weighted by Crippen LogP contribution is 2.19. The SMILES string of the molecule is COc1cccc(C(=O)Nc2ccccc2/C(C)=N/O)c1. The fourth-order valence-electron chi connectivity index (χ4n) is 1.92. The lowest BCUT2D eigenvalue weighted by molar-refractivity contribution is 0.102. The number of amides is 1. The van der Waals surface area contributed by atoms with E-state index in [9.17, 15) is 4.79 Å². The van der Waals surface area contributed by atoms with E-state index in [1.807, 2.05) is 6.07 Å². The maximum Gasteiger partial charge on any atom is 0.255 e. The van der Waals surface area contributed by atoms with Crippen molar-refractivity contribution in [3.63, 3.8) is 0 Å². The van der Waals surface area contributed by atoms with Gasteiger partial charge in [0.25, 0.3) is 5.91 Å². The van der Waals surface area contributed by atoms with Crippen molar-refractivity contribution in [3.05, 3.63) is 59.7 Å². The molecule has 0 saturated carbocycles. The standard InChI is InChI=1S/C16H16N2O3/c1-11(18-20)14-8-3-4-9-15(14)17-16(19)12-6-5-7-13(10-12)21-2/h3-10,20H,1-2H3,(H,17,19)/b18-11+. The predicted molar refractivity (Wildman–Crippen MR) is 81.4 cm³/mol. The van der Waals surface area contributed by atoms with Crippen molar-refractivity contribution >= 4 is 17.3 Å². The lowest BCUT2D eigenvalue weighted by Gasteiger charge is -2.10. The topological polar surface area (TPSA) is 70.9 Å². The van der Waals surface area contributed by atoms with E-state index in [1.54, 1.807) is 56.5 Å². The van der Waals surface area contributed by atoms with Crippen LogP contribution in [0.25, 0.3) is 0 Å². The number of hydrogen-bond donors (Lipinski definition) is 2. The summed E-state index contributed by atoms with van der Waals surface area (Å²) in [7, 11) is 1.55. The Kier molecular flexibility index (Phi) is 4.56. The molecule has 5 nitrogen and oxygen atoms in total. The van der Waals surface area contributed by atoms with Crippen molar-refractivity contribution in [2.45, 2.75) is 6.92 Å². The molecule has 2 N–H and O–H groups in total. The number of hydrogen-bond acceptors (Lipinski definition) is 4. The minimum atomic E-state index is -0.257. The third-order valence-electron chi connectivity index (χ3n) is 3.05. The Labute approximate surface area is 122 Å². The van der Waals surface area contributed by atoms with E-state index in [0.717, 1.165) is 0 Å². The Balaban J connectivity index is 2.27. The zero-order valence-electron chi connectivity index (χ0n) is 11.8. The van der Waals surface area contributed by atoms with Gasteiger partial charge in [0.1, 0.15) is 5.75 Å². The number of carbonyl (C=O) groups excluding carboxylic acids is 1. The molecular formula is C16H16N2O3. The fraction of sp³-hybridized carbons (Fsp3) is 0.125. The molecule has 2 rings (SSSR count). The average Bonchev–Trinajstić information content (AvgIpc) is 2.54. The molecule has 0 spiro atoms. The largest absolute Gasteiger partial charge is 0.497 e. The van der Waals surface area contributed by atoms with E-state index in [0.29, 0.717) is 28.3 Å². The first-order valence-electron chi connectivity index (χ1n) is 6.39. The third-order valence-corrected chi connectivity index (χ3v) is 3.05. The van der Waals surface area contributed by atoms with E-state index in [2.05, 4.69) is 10.5 Å². The maximum atomic E-state index is 12.3. The van der Waals surface area contributed by atoms with Crippen molar-refractivity contribution < 1.29 is 14.7 Å². The molecule has 0 unspecified atom stereocenters. The summed E-state index contributed by atoms with van der Waals surface area (Å²) in [5, 5.41) is 14.9. The molecule has 0 radical (unpaired) electrons. The smallest absolute Gasteiger partial charge is 0.255 e. The van der Waals surface area contributed by atoms with Gasteiger partial charge in [0.05, 0.1) is 18.5 Å². The monoisotopic (exact) mass is 284 g/mol. The van der Waals surface area contributed by atoms with Crippen LogP contribution in [0.2, 0.25) is 0 Å². The van der Waals surface area contributed by atoms with Crippen LogP contribution in [0.5, 0.6) is 5.75 Å². The summed E-state index contributed by atoms with van der Waals surface area (Å²) < 4.78 is 5.10. The lowest BCUT2D eigenvalue weighted by Crippen LogP contribution is -2.14. The number of rotatable bonds is 4. The van der Waals surface area contributed by atoms with Crippen LogP contribution in [0.1, 0.15) is 22.8 Å². The van der Waals surface area contributed by atoms with Gasteiger partial charge < -0.3 is 15.3 Å². The molecule has 0 bridgehead atoms. The second-order valence-electron chi connectivity index (χ2n) is 4.42. The number of ether oxygens (including phenoxy) is 1. The Bertz CT molecular complexity index is 681. The van der Waals surface area contributed by atoms with Gasteiger partial charge >= 0.3 is 0 Å². The van der Waals surface area contributed by atoms with Crippen LogP contribution in [0.15, 0.2) is 53.7 Å². The van der Waals surface area contributed by atoms with Crippen LogP contribution >= 0.6 is 0 Å². The summed E-state index contributed by atoms with van der Waals surface area (Å²) in [5.41, 5.74) is 2.16. The summed E-state index contributed by atoms with van der Waals surface area (Å²) in [6, 6.07) is 14.0. The summed E-state index contributed by atoms with van der Waals surface area (Å²) in [6.07, 6.45) is 0. The number of nitrogens with zero attached hydrogens (tertiary/aromatic N) is 1. The highest BCUT2D eigenvalue weighted by molar-refractivity contribution is 6.10. The quantitative estimate of drug-likeness (QED) is 0.514. The highest BCUT2D eigenvalue weighted by Gasteiger charge is 2.11. The first kappa shape index (κ1) is 14.6. The van der Waals surface area contributed by atoms with Crippen LogP contribution in [-0.2, 0) is 0 Å². The number of carbonyl (C=O) groups is 1. The molecule has 2 aromatic carbocycles. The number of anilines is 1. The molecule has 0 aliphatic carbocycles. The van der Waals surface area contributed by atoms with Crippen LogP contribution in [0, 0.1) is 0 Å². The Hall–Kier alpha value is -2.82. The van der Waals surface area contributed by atoms with Crippen LogP contribution in [-0.4, -0.2) is 23.9 Å². The van der Waals surface area contributed by atoms with E-state index in [1.165, 1.54) is 0 Å². The first-order chi connectivity index (χ1) is 10.2. The maximum absolute atomic E-state index is 12.3. The highest BCUT2D eigenvalue weighted by atomic mass is 16.5. The molecule has 0 aliphatic rings. The van der Waals surface area contributed by atoms with Crippen LogP contribution in [0.4, 0.5) is 5.69 Å². The van der Waals surface area contributed by atoms with Gasteiger partial charge in [0.15, 0.2) is 0 Å². The minimum absolute atomic E-state index is 0.257.